The number of para-hydroxylation sites is 1. The number of benzene rings is 3. The second-order valence-corrected chi connectivity index (χ2v) is 9.36. The van der Waals surface area contributed by atoms with Crippen molar-refractivity contribution in [3.63, 3.8) is 0 Å². The summed E-state index contributed by atoms with van der Waals surface area (Å²) in [5.41, 5.74) is 2.03. The van der Waals surface area contributed by atoms with Gasteiger partial charge in [-0.05, 0) is 67.1 Å². The monoisotopic (exact) mass is 543 g/mol. The summed E-state index contributed by atoms with van der Waals surface area (Å²) < 4.78 is 26.1. The van der Waals surface area contributed by atoms with E-state index < -0.39 is 11.4 Å². The summed E-state index contributed by atoms with van der Waals surface area (Å²) in [7, 11) is 0. The van der Waals surface area contributed by atoms with Crippen LogP contribution < -0.4 is 20.9 Å². The van der Waals surface area contributed by atoms with Crippen LogP contribution in [0, 0.1) is 12.7 Å². The molecular weight excluding hydrogens is 513 g/mol. The number of carbonyl (C=O) groups is 1. The number of ether oxygens (including phenoxy) is 2. The molecule has 0 aliphatic carbocycles. The van der Waals surface area contributed by atoms with Gasteiger partial charge in [0.15, 0.2) is 11.4 Å². The molecule has 40 heavy (non-hydrogen) atoms. The van der Waals surface area contributed by atoms with E-state index in [9.17, 15) is 14.0 Å². The highest BCUT2D eigenvalue weighted by Gasteiger charge is 2.17. The summed E-state index contributed by atoms with van der Waals surface area (Å²) in [6.45, 7) is 6.37. The molecule has 0 radical (unpaired) electrons. The Bertz CT molecular complexity index is 1520. The zero-order chi connectivity index (χ0) is 27.9. The first-order chi connectivity index (χ1) is 19.5. The number of rotatable bonds is 9. The Balaban J connectivity index is 1.36. The van der Waals surface area contributed by atoms with E-state index in [0.29, 0.717) is 42.4 Å². The van der Waals surface area contributed by atoms with Gasteiger partial charge in [0.2, 0.25) is 0 Å². The molecule has 2 heterocycles. The Hall–Kier alpha value is -4.54. The van der Waals surface area contributed by atoms with Crippen molar-refractivity contribution in [3.8, 4) is 17.2 Å². The molecule has 0 atom stereocenters. The number of halogens is 1. The predicted molar refractivity (Wildman–Crippen MR) is 150 cm³/mol. The third kappa shape index (κ3) is 6.53. The van der Waals surface area contributed by atoms with Crippen LogP contribution >= 0.6 is 0 Å². The van der Waals surface area contributed by atoms with Gasteiger partial charge in [-0.2, -0.15) is 9.78 Å². The van der Waals surface area contributed by atoms with Crippen LogP contribution in [0.4, 0.5) is 15.8 Å². The summed E-state index contributed by atoms with van der Waals surface area (Å²) in [4.78, 5) is 28.5. The number of hydrogen-bond acceptors (Lipinski definition) is 7. The Morgan fingerprint density at radius 2 is 1.73 bits per heavy atom. The normalized spacial score (nSPS) is 13.6. The van der Waals surface area contributed by atoms with Crippen LogP contribution in [0.25, 0.3) is 5.69 Å². The van der Waals surface area contributed by atoms with Gasteiger partial charge in [0.05, 0.1) is 25.1 Å². The van der Waals surface area contributed by atoms with Crippen molar-refractivity contribution >= 4 is 17.3 Å². The number of morpholine rings is 1. The molecule has 0 spiro atoms. The molecule has 4 aromatic rings. The fraction of sp³-hybridized carbons (Fsp3) is 0.233. The molecule has 1 amide bonds. The maximum atomic E-state index is 13.6. The Labute approximate surface area is 231 Å². The molecule has 10 heteroatoms. The van der Waals surface area contributed by atoms with Crippen molar-refractivity contribution in [1.82, 2.24) is 20.0 Å². The molecule has 0 bridgehead atoms. The molecule has 3 aromatic carbocycles. The summed E-state index contributed by atoms with van der Waals surface area (Å²) in [5.74, 6) is 0.212. The van der Waals surface area contributed by atoms with Crippen molar-refractivity contribution < 1.29 is 18.7 Å². The van der Waals surface area contributed by atoms with Crippen molar-refractivity contribution in [1.29, 1.82) is 0 Å². The predicted octanol–water partition coefficient (Wildman–Crippen LogP) is 4.28. The largest absolute Gasteiger partial charge is 0.453 e. The second-order valence-electron chi connectivity index (χ2n) is 9.36. The molecule has 1 aliphatic heterocycles. The molecule has 9 nitrogen and oxygen atoms in total. The molecule has 1 saturated heterocycles. The lowest BCUT2D eigenvalue weighted by atomic mass is 10.2. The molecule has 1 aromatic heterocycles. The number of carbonyl (C=O) groups excluding carboxylic acids is 1. The van der Waals surface area contributed by atoms with Gasteiger partial charge in [0.25, 0.3) is 11.5 Å². The van der Waals surface area contributed by atoms with Crippen LogP contribution in [0.15, 0.2) is 83.8 Å². The molecule has 5 rings (SSSR count). The summed E-state index contributed by atoms with van der Waals surface area (Å²) >= 11 is 0. The number of aromatic nitrogens is 2. The zero-order valence-corrected chi connectivity index (χ0v) is 22.1. The number of nitrogens with one attached hydrogen (secondary N) is 2. The lowest BCUT2D eigenvalue weighted by Crippen LogP contribution is -2.41. The average molecular weight is 544 g/mol. The molecular formula is C30H30FN5O4. The zero-order valence-electron chi connectivity index (χ0n) is 22.1. The SMILES string of the molecule is Cc1ccccc1Oc1cnn(-c2ccc(F)cc2)c(=O)c1Nc1ccc(C(=O)NCCN2CCOCC2)cc1. The van der Waals surface area contributed by atoms with Crippen LogP contribution in [0.1, 0.15) is 15.9 Å². The van der Waals surface area contributed by atoms with E-state index in [1.807, 2.05) is 25.1 Å². The van der Waals surface area contributed by atoms with Crippen molar-refractivity contribution in [3.05, 3.63) is 106 Å². The van der Waals surface area contributed by atoms with Crippen LogP contribution in [-0.4, -0.2) is 60.0 Å². The van der Waals surface area contributed by atoms with E-state index >= 15 is 0 Å². The fourth-order valence-electron chi connectivity index (χ4n) is 4.29. The van der Waals surface area contributed by atoms with E-state index in [1.165, 1.54) is 35.1 Å². The molecule has 1 aliphatic rings. The maximum Gasteiger partial charge on any atom is 0.299 e. The highest BCUT2D eigenvalue weighted by molar-refractivity contribution is 5.94. The smallest absolute Gasteiger partial charge is 0.299 e. The van der Waals surface area contributed by atoms with Gasteiger partial charge in [-0.25, -0.2) is 4.39 Å². The van der Waals surface area contributed by atoms with E-state index in [1.54, 1.807) is 30.3 Å². The van der Waals surface area contributed by atoms with Crippen molar-refractivity contribution in [2.45, 2.75) is 6.92 Å². The molecule has 0 saturated carbocycles. The van der Waals surface area contributed by atoms with Gasteiger partial charge in [0, 0.05) is 37.4 Å². The quantitative estimate of drug-likeness (QED) is 0.325. The topological polar surface area (TPSA) is 97.7 Å². The number of amides is 1. The summed E-state index contributed by atoms with van der Waals surface area (Å²) in [6.07, 6.45) is 1.44. The fourth-order valence-corrected chi connectivity index (χ4v) is 4.29. The van der Waals surface area contributed by atoms with E-state index in [4.69, 9.17) is 9.47 Å². The van der Waals surface area contributed by atoms with Crippen LogP contribution in [0.3, 0.4) is 0 Å². The Morgan fingerprint density at radius 3 is 2.45 bits per heavy atom. The van der Waals surface area contributed by atoms with E-state index in [-0.39, 0.29) is 17.3 Å². The average Bonchev–Trinajstić information content (AvgIpc) is 2.97. The summed E-state index contributed by atoms with van der Waals surface area (Å²) in [6, 6.07) is 19.7. The Morgan fingerprint density at radius 1 is 1.00 bits per heavy atom. The maximum absolute atomic E-state index is 13.6. The first kappa shape index (κ1) is 27.0. The van der Waals surface area contributed by atoms with Crippen LogP contribution in [-0.2, 0) is 4.74 Å². The number of nitrogens with zero attached hydrogens (tertiary/aromatic N) is 3. The third-order valence-corrected chi connectivity index (χ3v) is 6.56. The molecule has 206 valence electrons. The van der Waals surface area contributed by atoms with Gasteiger partial charge in [0.1, 0.15) is 11.6 Å². The van der Waals surface area contributed by atoms with E-state index in [0.717, 1.165) is 25.2 Å². The third-order valence-electron chi connectivity index (χ3n) is 6.56. The number of anilines is 2. The van der Waals surface area contributed by atoms with Gasteiger partial charge in [-0.3, -0.25) is 14.5 Å². The number of hydrogen-bond donors (Lipinski definition) is 2. The minimum atomic E-state index is -0.484. The van der Waals surface area contributed by atoms with Gasteiger partial charge in [-0.1, -0.05) is 18.2 Å². The molecule has 2 N–H and O–H groups in total. The minimum Gasteiger partial charge on any atom is -0.453 e. The molecule has 1 fully saturated rings. The minimum absolute atomic E-state index is 0.144. The van der Waals surface area contributed by atoms with Crippen LogP contribution in [0.2, 0.25) is 0 Å². The van der Waals surface area contributed by atoms with Gasteiger partial charge in [-0.15, -0.1) is 0 Å². The van der Waals surface area contributed by atoms with Crippen LogP contribution in [0.5, 0.6) is 11.5 Å². The first-order valence-corrected chi connectivity index (χ1v) is 13.0. The lowest BCUT2D eigenvalue weighted by Gasteiger charge is -2.26. The second kappa shape index (κ2) is 12.5. The number of aryl methyl sites for hydroxylation is 1. The molecule has 0 unspecified atom stereocenters. The standard InChI is InChI=1S/C30H30FN5O4/c1-21-4-2-3-5-26(21)40-27-20-33-36(25-12-8-23(31)9-13-25)30(38)28(27)34-24-10-6-22(7-11-24)29(37)32-14-15-35-16-18-39-19-17-35/h2-13,20,34H,14-19H2,1H3,(H,32,37). The van der Waals surface area contributed by atoms with E-state index in [2.05, 4.69) is 20.6 Å². The van der Waals surface area contributed by atoms with Gasteiger partial charge < -0.3 is 20.1 Å². The lowest BCUT2D eigenvalue weighted by molar-refractivity contribution is 0.0383. The highest BCUT2D eigenvalue weighted by Crippen LogP contribution is 2.30. The van der Waals surface area contributed by atoms with Gasteiger partial charge >= 0.3 is 0 Å². The summed E-state index contributed by atoms with van der Waals surface area (Å²) in [5, 5.41) is 10.3. The van der Waals surface area contributed by atoms with Crippen molar-refractivity contribution in [2.24, 2.45) is 0 Å². The Kier molecular flexibility index (Phi) is 8.48. The first-order valence-electron chi connectivity index (χ1n) is 13.0. The highest BCUT2D eigenvalue weighted by atomic mass is 19.1. The van der Waals surface area contributed by atoms with Crippen molar-refractivity contribution in [2.75, 3.05) is 44.7 Å².